The number of hydrogen-bond acceptors (Lipinski definition) is 6. The molecule has 0 aliphatic carbocycles. The largest absolute Gasteiger partial charge is 0.467 e. The molecule has 33 heavy (non-hydrogen) atoms. The Balaban J connectivity index is 1.86. The highest BCUT2D eigenvalue weighted by molar-refractivity contribution is 5.84. The van der Waals surface area contributed by atoms with E-state index in [-0.39, 0.29) is 5.69 Å². The lowest BCUT2D eigenvalue weighted by atomic mass is 10.0. The van der Waals surface area contributed by atoms with Gasteiger partial charge in [0.1, 0.15) is 17.4 Å². The zero-order valence-electron chi connectivity index (χ0n) is 19.4. The average Bonchev–Trinajstić information content (AvgIpc) is 2.85. The van der Waals surface area contributed by atoms with Crippen LogP contribution in [0, 0.1) is 0 Å². The van der Waals surface area contributed by atoms with Crippen LogP contribution in [0.2, 0.25) is 0 Å². The molecule has 0 fully saturated rings. The monoisotopic (exact) mass is 448 g/mol. The van der Waals surface area contributed by atoms with Gasteiger partial charge in [-0.3, -0.25) is 9.59 Å². The molecule has 0 aromatic heterocycles. The first-order valence-corrected chi connectivity index (χ1v) is 11.6. The van der Waals surface area contributed by atoms with Crippen LogP contribution in [-0.2, 0) is 22.5 Å². The predicted octanol–water partition coefficient (Wildman–Crippen LogP) is 4.07. The van der Waals surface area contributed by atoms with Crippen LogP contribution in [0.5, 0.6) is 0 Å². The van der Waals surface area contributed by atoms with Gasteiger partial charge in [0.2, 0.25) is 0 Å². The highest BCUT2D eigenvalue weighted by Gasteiger charge is 2.30. The summed E-state index contributed by atoms with van der Waals surface area (Å²) in [7, 11) is 1.32. The molecule has 0 radical (unpaired) electrons. The van der Waals surface area contributed by atoms with Crippen molar-refractivity contribution in [3.63, 3.8) is 0 Å². The van der Waals surface area contributed by atoms with E-state index in [1.165, 1.54) is 7.11 Å². The average molecular weight is 449 g/mol. The number of benzene rings is 2. The summed E-state index contributed by atoms with van der Waals surface area (Å²) in [6, 6.07) is 18.6. The lowest BCUT2D eigenvalue weighted by Gasteiger charge is -2.29. The maximum absolute atomic E-state index is 12.7. The molecule has 0 aliphatic rings. The fourth-order valence-electron chi connectivity index (χ4n) is 3.98. The summed E-state index contributed by atoms with van der Waals surface area (Å²) in [5.74, 6) is -0.476. The molecule has 0 amide bonds. The van der Waals surface area contributed by atoms with E-state index >= 15 is 0 Å². The molecule has 0 spiro atoms. The van der Waals surface area contributed by atoms with Crippen molar-refractivity contribution in [1.82, 2.24) is 0 Å². The summed E-state index contributed by atoms with van der Waals surface area (Å²) in [6.45, 7) is 3.34. The van der Waals surface area contributed by atoms with Crippen molar-refractivity contribution in [3.05, 3.63) is 92.2 Å². The number of ether oxygens (including phenoxy) is 1. The molecule has 1 N–H and O–H groups in total. The molecule has 6 heteroatoms. The van der Waals surface area contributed by atoms with Crippen LogP contribution in [-0.4, -0.2) is 25.7 Å². The Morgan fingerprint density at radius 1 is 0.909 bits per heavy atom. The SMILES string of the molecule is CCCCCCN(Cc1ccccc1)c1c(N[C@@H](Cc2ccccc2)C(=O)OC)c(=O)c1=O. The van der Waals surface area contributed by atoms with Crippen LogP contribution in [0.4, 0.5) is 11.4 Å². The van der Waals surface area contributed by atoms with Gasteiger partial charge in [-0.15, -0.1) is 0 Å². The molecule has 1 atom stereocenters. The van der Waals surface area contributed by atoms with Gasteiger partial charge in [0.05, 0.1) is 7.11 Å². The third-order valence-electron chi connectivity index (χ3n) is 5.79. The van der Waals surface area contributed by atoms with Gasteiger partial charge in [-0.05, 0) is 17.5 Å². The van der Waals surface area contributed by atoms with Crippen LogP contribution in [0.3, 0.4) is 0 Å². The van der Waals surface area contributed by atoms with Crippen molar-refractivity contribution in [2.45, 2.75) is 51.6 Å². The standard InChI is InChI=1S/C27H32N2O4/c1-3-4-5-12-17-29(19-21-15-10-7-11-16-21)24-23(25(30)26(24)31)28-22(27(32)33-2)18-20-13-8-6-9-14-20/h6-11,13-16,22,28H,3-5,12,17-19H2,1-2H3/t22-/m0/s1. The molecule has 0 saturated carbocycles. The minimum Gasteiger partial charge on any atom is -0.467 e. The fourth-order valence-corrected chi connectivity index (χ4v) is 3.98. The number of anilines is 2. The quantitative estimate of drug-likeness (QED) is 0.241. The highest BCUT2D eigenvalue weighted by atomic mass is 16.5. The zero-order valence-corrected chi connectivity index (χ0v) is 19.4. The van der Waals surface area contributed by atoms with E-state index < -0.39 is 22.9 Å². The van der Waals surface area contributed by atoms with E-state index in [9.17, 15) is 14.4 Å². The molecule has 0 unspecified atom stereocenters. The van der Waals surface area contributed by atoms with Gasteiger partial charge in [-0.2, -0.15) is 0 Å². The molecule has 6 nitrogen and oxygen atoms in total. The maximum Gasteiger partial charge on any atom is 0.328 e. The van der Waals surface area contributed by atoms with Crippen LogP contribution < -0.4 is 21.1 Å². The van der Waals surface area contributed by atoms with Crippen LogP contribution in [0.1, 0.15) is 43.7 Å². The third-order valence-corrected chi connectivity index (χ3v) is 5.79. The molecule has 0 saturated heterocycles. The summed E-state index contributed by atoms with van der Waals surface area (Å²) in [4.78, 5) is 39.7. The zero-order chi connectivity index (χ0) is 23.6. The number of hydrogen-bond donors (Lipinski definition) is 1. The lowest BCUT2D eigenvalue weighted by molar-refractivity contribution is -0.141. The van der Waals surface area contributed by atoms with E-state index in [4.69, 9.17) is 4.74 Å². The van der Waals surface area contributed by atoms with Crippen molar-refractivity contribution in [3.8, 4) is 0 Å². The molecule has 0 heterocycles. The van der Waals surface area contributed by atoms with E-state index in [2.05, 4.69) is 12.2 Å². The molecule has 3 rings (SSSR count). The summed E-state index contributed by atoms with van der Waals surface area (Å²) in [5.41, 5.74) is 1.47. The third kappa shape index (κ3) is 6.31. The van der Waals surface area contributed by atoms with Crippen molar-refractivity contribution in [2.24, 2.45) is 0 Å². The number of unbranched alkanes of at least 4 members (excludes halogenated alkanes) is 3. The van der Waals surface area contributed by atoms with E-state index in [0.29, 0.717) is 25.2 Å². The number of carbonyl (C=O) groups excluding carboxylic acids is 1. The van der Waals surface area contributed by atoms with Gasteiger partial charge in [-0.25, -0.2) is 4.79 Å². The van der Waals surface area contributed by atoms with E-state index in [1.807, 2.05) is 65.6 Å². The Bertz CT molecular complexity index is 1090. The Morgan fingerprint density at radius 2 is 1.55 bits per heavy atom. The van der Waals surface area contributed by atoms with Crippen molar-refractivity contribution in [2.75, 3.05) is 23.9 Å². The van der Waals surface area contributed by atoms with Gasteiger partial charge in [0.15, 0.2) is 0 Å². The predicted molar refractivity (Wildman–Crippen MR) is 133 cm³/mol. The number of esters is 1. The normalized spacial score (nSPS) is 11.8. The number of carbonyl (C=O) groups is 1. The minimum absolute atomic E-state index is 0.206. The summed E-state index contributed by atoms with van der Waals surface area (Å²) in [5, 5.41) is 3.04. The summed E-state index contributed by atoms with van der Waals surface area (Å²) in [6.07, 6.45) is 4.56. The van der Waals surface area contributed by atoms with Gasteiger partial charge in [-0.1, -0.05) is 86.8 Å². The molecule has 3 aromatic rings. The molecule has 3 aromatic carbocycles. The summed E-state index contributed by atoms with van der Waals surface area (Å²) < 4.78 is 4.97. The van der Waals surface area contributed by atoms with Crippen LogP contribution >= 0.6 is 0 Å². The molecule has 0 bridgehead atoms. The van der Waals surface area contributed by atoms with E-state index in [1.54, 1.807) is 0 Å². The number of rotatable bonds is 13. The van der Waals surface area contributed by atoms with Crippen molar-refractivity contribution >= 4 is 17.3 Å². The number of nitrogens with zero attached hydrogens (tertiary/aromatic N) is 1. The van der Waals surface area contributed by atoms with Crippen LogP contribution in [0.15, 0.2) is 70.3 Å². The van der Waals surface area contributed by atoms with E-state index in [0.717, 1.165) is 36.8 Å². The smallest absolute Gasteiger partial charge is 0.328 e. The van der Waals surface area contributed by atoms with Gasteiger partial charge >= 0.3 is 5.97 Å². The molecule has 174 valence electrons. The second-order valence-electron chi connectivity index (χ2n) is 8.26. The number of nitrogens with one attached hydrogen (secondary N) is 1. The second kappa shape index (κ2) is 12.0. The summed E-state index contributed by atoms with van der Waals surface area (Å²) >= 11 is 0. The van der Waals surface area contributed by atoms with Gasteiger partial charge in [0, 0.05) is 19.5 Å². The van der Waals surface area contributed by atoms with Crippen LogP contribution in [0.25, 0.3) is 0 Å². The van der Waals surface area contributed by atoms with Crippen molar-refractivity contribution < 1.29 is 9.53 Å². The number of methoxy groups -OCH3 is 1. The molecular formula is C27H32N2O4. The second-order valence-corrected chi connectivity index (χ2v) is 8.26. The van der Waals surface area contributed by atoms with Crippen molar-refractivity contribution in [1.29, 1.82) is 0 Å². The Labute approximate surface area is 194 Å². The van der Waals surface area contributed by atoms with Gasteiger partial charge in [0.25, 0.3) is 10.9 Å². The van der Waals surface area contributed by atoms with Gasteiger partial charge < -0.3 is 15.0 Å². The topological polar surface area (TPSA) is 75.7 Å². The highest BCUT2D eigenvalue weighted by Crippen LogP contribution is 2.25. The maximum atomic E-state index is 12.7. The molecule has 0 aliphatic heterocycles. The lowest BCUT2D eigenvalue weighted by Crippen LogP contribution is -2.46. The first kappa shape index (κ1) is 24.2. The Hall–Kier alpha value is -3.41. The fraction of sp³-hybridized carbons (Fsp3) is 0.370. The minimum atomic E-state index is -0.766. The Morgan fingerprint density at radius 3 is 2.15 bits per heavy atom. The first-order chi connectivity index (χ1) is 16.0. The Kier molecular flexibility index (Phi) is 8.81. The molecular weight excluding hydrogens is 416 g/mol. The first-order valence-electron chi connectivity index (χ1n) is 11.6.